The average Bonchev–Trinajstić information content (AvgIpc) is 2.91. The van der Waals surface area contributed by atoms with E-state index in [0.717, 1.165) is 37.5 Å². The summed E-state index contributed by atoms with van der Waals surface area (Å²) in [5, 5.41) is 11.8. The van der Waals surface area contributed by atoms with E-state index in [-0.39, 0.29) is 11.9 Å². The Morgan fingerprint density at radius 2 is 1.35 bits per heavy atom. The topological polar surface area (TPSA) is 175 Å². The number of carbonyl (C=O) groups is 1. The van der Waals surface area contributed by atoms with Crippen molar-refractivity contribution >= 4 is 47.6 Å². The summed E-state index contributed by atoms with van der Waals surface area (Å²) in [7, 11) is 0. The van der Waals surface area contributed by atoms with E-state index in [1.54, 1.807) is 30.3 Å². The van der Waals surface area contributed by atoms with Crippen molar-refractivity contribution in [2.24, 2.45) is 32.6 Å². The summed E-state index contributed by atoms with van der Waals surface area (Å²) in [6.45, 7) is 5.35. The van der Waals surface area contributed by atoms with E-state index in [0.29, 0.717) is 28.8 Å². The largest absolute Gasteiger partial charge is 0.367 e. The Balaban J connectivity index is 0.000000577. The van der Waals surface area contributed by atoms with Gasteiger partial charge in [-0.15, -0.1) is 10.2 Å². The van der Waals surface area contributed by atoms with Gasteiger partial charge in [0.25, 0.3) is 0 Å². The van der Waals surface area contributed by atoms with Crippen LogP contribution in [-0.4, -0.2) is 37.6 Å². The molecule has 11 nitrogen and oxygen atoms in total. The van der Waals surface area contributed by atoms with Gasteiger partial charge in [0, 0.05) is 16.1 Å². The second kappa shape index (κ2) is 23.0. The van der Waals surface area contributed by atoms with Crippen LogP contribution in [0.2, 0.25) is 10.0 Å². The molecular formula is C24H36Cl2N8O3. The predicted molar refractivity (Wildman–Crippen MR) is 151 cm³/mol. The third-order valence-corrected chi connectivity index (χ3v) is 4.68. The molecule has 0 heterocycles. The highest BCUT2D eigenvalue weighted by Crippen LogP contribution is 2.12. The standard InChI is InChI=1S/C12H17ClN4O.C7H5ClO.C5H14N4O/c1-2-3-8-18-17-12(14)16-15-9-10-6-4-5-7-11(10)13;8-7-4-2-1-3-6(7)5-9;1-2-3-4-10-9-5(6)8-7/h4-7,9H,2-3,8H2,1H3,(H3,14,16,17);1-5H;2-4,7H2,1H3,(H3,6,8,9)/b15-9+;;. The molecule has 0 bridgehead atoms. The van der Waals surface area contributed by atoms with Crippen LogP contribution in [0.25, 0.3) is 0 Å². The first-order valence-electron chi connectivity index (χ1n) is 11.5. The highest BCUT2D eigenvalue weighted by Gasteiger charge is 1.94. The number of hydroxylamine groups is 2. The number of guanidine groups is 2. The highest BCUT2D eigenvalue weighted by molar-refractivity contribution is 6.33. The summed E-state index contributed by atoms with van der Waals surface area (Å²) in [5.41, 5.74) is 16.9. The Morgan fingerprint density at radius 3 is 1.78 bits per heavy atom. The smallest absolute Gasteiger partial charge is 0.237 e. The zero-order valence-electron chi connectivity index (χ0n) is 21.1. The molecule has 0 aromatic heterocycles. The number of benzene rings is 2. The number of hydrazone groups is 1. The van der Waals surface area contributed by atoms with Crippen molar-refractivity contribution in [2.75, 3.05) is 13.2 Å². The number of unbranched alkanes of at least 4 members (excludes halogenated alkanes) is 2. The molecule has 2 rings (SSSR count). The first kappa shape index (κ1) is 33.6. The van der Waals surface area contributed by atoms with Gasteiger partial charge in [0.15, 0.2) is 6.29 Å². The number of nitrogens with zero attached hydrogens (tertiary/aromatic N) is 3. The summed E-state index contributed by atoms with van der Waals surface area (Å²) < 4.78 is 0. The SMILES string of the molecule is CCCCONC(N)=N/N=C/c1ccccc1Cl.CCCCONC(N)=NN.O=Cc1ccccc1Cl. The Morgan fingerprint density at radius 1 is 0.865 bits per heavy atom. The van der Waals surface area contributed by atoms with E-state index >= 15 is 0 Å². The Hall–Kier alpha value is -3.38. The van der Waals surface area contributed by atoms with Crippen LogP contribution < -0.4 is 28.3 Å². The second-order valence-electron chi connectivity index (χ2n) is 7.01. The van der Waals surface area contributed by atoms with Crippen molar-refractivity contribution < 1.29 is 14.5 Å². The molecule has 0 unspecified atom stereocenters. The lowest BCUT2D eigenvalue weighted by Crippen LogP contribution is -2.32. The fourth-order valence-corrected chi connectivity index (χ4v) is 2.40. The van der Waals surface area contributed by atoms with Crippen LogP contribution in [0.15, 0.2) is 63.8 Å². The first-order valence-corrected chi connectivity index (χ1v) is 12.2. The molecule has 13 heteroatoms. The van der Waals surface area contributed by atoms with Crippen LogP contribution in [-0.2, 0) is 9.68 Å². The van der Waals surface area contributed by atoms with Crippen LogP contribution in [0.3, 0.4) is 0 Å². The Labute approximate surface area is 228 Å². The maximum atomic E-state index is 10.1. The third kappa shape index (κ3) is 18.5. The number of carbonyl (C=O) groups excluding carboxylic acids is 1. The van der Waals surface area contributed by atoms with Crippen LogP contribution in [0, 0.1) is 0 Å². The Bertz CT molecular complexity index is 975. The number of hydrogen-bond donors (Lipinski definition) is 5. The molecule has 2 aromatic carbocycles. The van der Waals surface area contributed by atoms with Gasteiger partial charge in [-0.1, -0.05) is 86.3 Å². The van der Waals surface area contributed by atoms with Gasteiger partial charge in [0.2, 0.25) is 11.9 Å². The third-order valence-electron chi connectivity index (χ3n) is 3.99. The minimum atomic E-state index is 0.0936. The van der Waals surface area contributed by atoms with E-state index in [9.17, 15) is 4.79 Å². The van der Waals surface area contributed by atoms with Gasteiger partial charge in [-0.3, -0.25) is 14.5 Å². The molecule has 0 amide bonds. The lowest BCUT2D eigenvalue weighted by atomic mass is 10.2. The van der Waals surface area contributed by atoms with Gasteiger partial charge in [-0.25, -0.2) is 11.0 Å². The van der Waals surface area contributed by atoms with Crippen molar-refractivity contribution in [3.8, 4) is 0 Å². The normalized spacial score (nSPS) is 11.1. The average molecular weight is 556 g/mol. The zero-order chi connectivity index (χ0) is 27.7. The van der Waals surface area contributed by atoms with Crippen molar-refractivity contribution in [3.05, 3.63) is 69.7 Å². The number of nitrogens with two attached hydrogens (primary N) is 3. The molecule has 0 fully saturated rings. The molecule has 2 aromatic rings. The van der Waals surface area contributed by atoms with Crippen molar-refractivity contribution in [1.29, 1.82) is 0 Å². The molecule has 0 spiro atoms. The number of halogens is 2. The highest BCUT2D eigenvalue weighted by atomic mass is 35.5. The lowest BCUT2D eigenvalue weighted by molar-refractivity contribution is 0.0816. The molecule has 37 heavy (non-hydrogen) atoms. The van der Waals surface area contributed by atoms with Gasteiger partial charge in [-0.05, 0) is 25.0 Å². The molecule has 0 aliphatic heterocycles. The van der Waals surface area contributed by atoms with Crippen molar-refractivity contribution in [1.82, 2.24) is 11.0 Å². The van der Waals surface area contributed by atoms with Crippen molar-refractivity contribution in [3.63, 3.8) is 0 Å². The maximum absolute atomic E-state index is 10.1. The van der Waals surface area contributed by atoms with Crippen LogP contribution in [0.4, 0.5) is 0 Å². The van der Waals surface area contributed by atoms with Gasteiger partial charge < -0.3 is 17.3 Å². The van der Waals surface area contributed by atoms with Crippen LogP contribution in [0.1, 0.15) is 55.5 Å². The number of aldehydes is 1. The van der Waals surface area contributed by atoms with E-state index < -0.39 is 0 Å². The number of rotatable bonds is 11. The summed E-state index contributed by atoms with van der Waals surface area (Å²) in [6.07, 6.45) is 6.37. The number of hydrogen-bond acceptors (Lipinski definition) is 7. The minimum absolute atomic E-state index is 0.0936. The van der Waals surface area contributed by atoms with E-state index in [2.05, 4.69) is 40.1 Å². The minimum Gasteiger partial charge on any atom is -0.367 e. The fraction of sp³-hybridized carbons (Fsp3) is 0.333. The molecule has 0 atom stereocenters. The molecule has 0 aliphatic carbocycles. The molecule has 204 valence electrons. The maximum Gasteiger partial charge on any atom is 0.237 e. The predicted octanol–water partition coefficient (Wildman–Crippen LogP) is 3.96. The van der Waals surface area contributed by atoms with E-state index in [1.165, 1.54) is 6.21 Å². The first-order chi connectivity index (χ1) is 17.9. The summed E-state index contributed by atoms with van der Waals surface area (Å²) >= 11 is 11.5. The zero-order valence-corrected chi connectivity index (χ0v) is 22.6. The molecule has 8 N–H and O–H groups in total. The molecular weight excluding hydrogens is 519 g/mol. The van der Waals surface area contributed by atoms with Gasteiger partial charge in [0.1, 0.15) is 0 Å². The molecule has 0 radical (unpaired) electrons. The van der Waals surface area contributed by atoms with Gasteiger partial charge >= 0.3 is 0 Å². The summed E-state index contributed by atoms with van der Waals surface area (Å²) in [6, 6.07) is 14.3. The van der Waals surface area contributed by atoms with Crippen LogP contribution in [0.5, 0.6) is 0 Å². The molecule has 0 saturated heterocycles. The summed E-state index contributed by atoms with van der Waals surface area (Å²) in [5.74, 6) is 5.01. The van der Waals surface area contributed by atoms with E-state index in [4.69, 9.17) is 50.2 Å². The fourth-order valence-electron chi connectivity index (χ4n) is 2.03. The van der Waals surface area contributed by atoms with Gasteiger partial charge in [-0.2, -0.15) is 5.10 Å². The second-order valence-corrected chi connectivity index (χ2v) is 7.83. The molecule has 0 aliphatic rings. The quantitative estimate of drug-likeness (QED) is 0.0691. The van der Waals surface area contributed by atoms with Crippen LogP contribution >= 0.6 is 23.2 Å². The number of nitrogens with one attached hydrogen (secondary N) is 2. The van der Waals surface area contributed by atoms with Gasteiger partial charge in [0.05, 0.1) is 24.5 Å². The summed E-state index contributed by atoms with van der Waals surface area (Å²) in [4.78, 5) is 20.0. The van der Waals surface area contributed by atoms with Crippen molar-refractivity contribution in [2.45, 2.75) is 39.5 Å². The molecule has 0 saturated carbocycles. The lowest BCUT2D eigenvalue weighted by Gasteiger charge is -2.03. The van der Waals surface area contributed by atoms with E-state index in [1.807, 2.05) is 18.2 Å². The Kier molecular flexibility index (Phi) is 20.9. The monoisotopic (exact) mass is 554 g/mol.